The van der Waals surface area contributed by atoms with Crippen LogP contribution in [-0.2, 0) is 0 Å². The van der Waals surface area contributed by atoms with E-state index in [1.165, 1.54) is 70.3 Å². The predicted octanol–water partition coefficient (Wildman–Crippen LogP) is 5.89. The fourth-order valence-electron chi connectivity index (χ4n) is 4.28. The van der Waals surface area contributed by atoms with Crippen molar-refractivity contribution in [3.05, 3.63) is 60.0 Å². The molecule has 0 radical (unpaired) electrons. The highest BCUT2D eigenvalue weighted by atomic mass is 35.5. The Labute approximate surface area is 276 Å². The highest BCUT2D eigenvalue weighted by Crippen LogP contribution is 2.25. The number of piperidine rings is 2. The first-order valence-electron chi connectivity index (χ1n) is 15.8. The lowest BCUT2D eigenvalue weighted by Gasteiger charge is -2.26. The topological polar surface area (TPSA) is 226 Å². The SMILES string of the molecule is CC.CCC.NCCN1CCCCC1.Nc1cnc(NCCN2CCCCC2)c([N+](=O)[O-])c1.O=[N+]([O-])c1cnc(Cl)c([N+](=O)[O-])c1. The predicted molar refractivity (Wildman–Crippen MR) is 183 cm³/mol. The third-order valence-corrected chi connectivity index (χ3v) is 6.65. The smallest absolute Gasteiger partial charge is 0.313 e. The molecular formula is C29H51ClN10O6. The zero-order valence-corrected chi connectivity index (χ0v) is 28.3. The van der Waals surface area contributed by atoms with Crippen LogP contribution in [0.15, 0.2) is 24.5 Å². The number of nitrogen functional groups attached to an aromatic ring is 1. The van der Waals surface area contributed by atoms with Gasteiger partial charge in [0.1, 0.15) is 6.20 Å². The van der Waals surface area contributed by atoms with E-state index in [-0.39, 0.29) is 16.7 Å². The number of anilines is 2. The van der Waals surface area contributed by atoms with Crippen LogP contribution in [0.3, 0.4) is 0 Å². The van der Waals surface area contributed by atoms with Gasteiger partial charge in [-0.2, -0.15) is 0 Å². The number of nitro groups is 3. The second-order valence-corrected chi connectivity index (χ2v) is 10.5. The van der Waals surface area contributed by atoms with Gasteiger partial charge in [0.2, 0.25) is 11.0 Å². The summed E-state index contributed by atoms with van der Waals surface area (Å²) >= 11 is 5.32. The Morgan fingerprint density at radius 2 is 1.30 bits per heavy atom. The summed E-state index contributed by atoms with van der Waals surface area (Å²) in [4.78, 5) is 41.4. The van der Waals surface area contributed by atoms with Crippen LogP contribution in [-0.4, -0.2) is 86.9 Å². The molecule has 4 rings (SSSR count). The summed E-state index contributed by atoms with van der Waals surface area (Å²) in [6.07, 6.45) is 11.5. The number of halogens is 1. The third kappa shape index (κ3) is 17.7. The Balaban J connectivity index is 0.000000651. The zero-order chi connectivity index (χ0) is 34.9. The van der Waals surface area contributed by atoms with Crippen LogP contribution in [0.5, 0.6) is 0 Å². The summed E-state index contributed by atoms with van der Waals surface area (Å²) < 4.78 is 0. The molecule has 4 heterocycles. The number of nitrogens with one attached hydrogen (secondary N) is 1. The molecule has 0 saturated carbocycles. The van der Waals surface area contributed by atoms with Crippen molar-refractivity contribution >= 4 is 40.2 Å². The summed E-state index contributed by atoms with van der Waals surface area (Å²) in [5.74, 6) is 0.288. The molecule has 2 aliphatic rings. The summed E-state index contributed by atoms with van der Waals surface area (Å²) in [7, 11) is 0. The number of rotatable bonds is 9. The number of likely N-dealkylation sites (tertiary alicyclic amines) is 2. The molecule has 2 aromatic rings. The Morgan fingerprint density at radius 1 is 0.804 bits per heavy atom. The molecule has 0 atom stereocenters. The monoisotopic (exact) mass is 670 g/mol. The Bertz CT molecular complexity index is 1160. The van der Waals surface area contributed by atoms with Gasteiger partial charge in [-0.25, -0.2) is 9.97 Å². The van der Waals surface area contributed by atoms with Crippen molar-refractivity contribution in [2.75, 3.05) is 63.4 Å². The number of hydrogen-bond donors (Lipinski definition) is 3. The second kappa shape index (κ2) is 25.5. The molecule has 2 saturated heterocycles. The van der Waals surface area contributed by atoms with Crippen LogP contribution in [0.2, 0.25) is 5.15 Å². The maximum Gasteiger partial charge on any atom is 0.313 e. The highest BCUT2D eigenvalue weighted by molar-refractivity contribution is 6.31. The molecular weight excluding hydrogens is 620 g/mol. The molecule has 17 heteroatoms. The standard InChI is InChI=1S/C12H19N5O2.C7H16N2.C5H2ClN3O4.C3H8.C2H6/c13-10-8-11(17(18)19)12(15-9-10)14-4-7-16-5-2-1-3-6-16;8-4-7-9-5-2-1-3-6-9;6-5-4(9(12)13)1-3(2-7-5)8(10)11;1-3-2;1-2/h8-9H,1-7,13H2,(H,14,15);1-8H2;1-2H;3H2,1-2H3;1-2H3. The van der Waals surface area contributed by atoms with Gasteiger partial charge >= 0.3 is 11.4 Å². The van der Waals surface area contributed by atoms with Gasteiger partial charge in [-0.05, 0) is 51.9 Å². The van der Waals surface area contributed by atoms with Crippen LogP contribution in [0, 0.1) is 30.3 Å². The minimum Gasteiger partial charge on any atom is -0.397 e. The van der Waals surface area contributed by atoms with Gasteiger partial charge in [-0.1, -0.05) is 58.6 Å². The minimum atomic E-state index is -0.831. The third-order valence-electron chi connectivity index (χ3n) is 6.36. The minimum absolute atomic E-state index is 0.0707. The van der Waals surface area contributed by atoms with Gasteiger partial charge in [0.15, 0.2) is 0 Å². The molecule has 46 heavy (non-hydrogen) atoms. The van der Waals surface area contributed by atoms with Gasteiger partial charge in [-0.15, -0.1) is 0 Å². The molecule has 0 aliphatic carbocycles. The average molecular weight is 671 g/mol. The number of nitrogens with two attached hydrogens (primary N) is 2. The Morgan fingerprint density at radius 3 is 1.76 bits per heavy atom. The van der Waals surface area contributed by atoms with Gasteiger partial charge in [0.05, 0.1) is 32.7 Å². The fourth-order valence-corrected chi connectivity index (χ4v) is 4.45. The van der Waals surface area contributed by atoms with Crippen LogP contribution < -0.4 is 16.8 Å². The largest absolute Gasteiger partial charge is 0.397 e. The first kappa shape index (κ1) is 42.3. The van der Waals surface area contributed by atoms with Crippen molar-refractivity contribution in [2.45, 2.75) is 72.6 Å². The molecule has 0 aromatic carbocycles. The molecule has 2 fully saturated rings. The maximum atomic E-state index is 10.9. The maximum absolute atomic E-state index is 10.9. The molecule has 16 nitrogen and oxygen atoms in total. The Kier molecular flexibility index (Phi) is 23.4. The van der Waals surface area contributed by atoms with Gasteiger partial charge in [0.25, 0.3) is 5.69 Å². The van der Waals surface area contributed by atoms with Crippen molar-refractivity contribution in [2.24, 2.45) is 5.73 Å². The summed E-state index contributed by atoms with van der Waals surface area (Å²) in [5, 5.41) is 34.0. The number of hydrogen-bond acceptors (Lipinski definition) is 13. The highest BCUT2D eigenvalue weighted by Gasteiger charge is 2.19. The molecule has 5 N–H and O–H groups in total. The summed E-state index contributed by atoms with van der Waals surface area (Å²) in [6, 6.07) is 2.09. The lowest BCUT2D eigenvalue weighted by atomic mass is 10.1. The first-order valence-corrected chi connectivity index (χ1v) is 16.1. The van der Waals surface area contributed by atoms with E-state index in [0.717, 1.165) is 45.0 Å². The van der Waals surface area contributed by atoms with Crippen molar-refractivity contribution in [3.8, 4) is 0 Å². The number of pyridine rings is 2. The lowest BCUT2D eigenvalue weighted by molar-refractivity contribution is -0.394. The first-order chi connectivity index (χ1) is 22.0. The Hall–Kier alpha value is -3.73. The molecule has 2 aromatic heterocycles. The lowest BCUT2D eigenvalue weighted by Crippen LogP contribution is -2.33. The zero-order valence-electron chi connectivity index (χ0n) is 27.5. The van der Waals surface area contributed by atoms with Gasteiger partial charge in [0, 0.05) is 32.2 Å². The normalized spacial score (nSPS) is 14.3. The van der Waals surface area contributed by atoms with E-state index in [2.05, 4.69) is 38.9 Å². The summed E-state index contributed by atoms with van der Waals surface area (Å²) in [6.45, 7) is 16.5. The molecule has 260 valence electrons. The molecule has 0 bridgehead atoms. The van der Waals surface area contributed by atoms with Gasteiger partial charge < -0.3 is 26.6 Å². The number of aromatic nitrogens is 2. The van der Waals surface area contributed by atoms with Crippen molar-refractivity contribution in [3.63, 3.8) is 0 Å². The second-order valence-electron chi connectivity index (χ2n) is 10.1. The van der Waals surface area contributed by atoms with Crippen LogP contribution in [0.1, 0.15) is 72.6 Å². The van der Waals surface area contributed by atoms with Crippen molar-refractivity contribution in [1.82, 2.24) is 19.8 Å². The van der Waals surface area contributed by atoms with E-state index in [9.17, 15) is 30.3 Å². The average Bonchev–Trinajstić information content (AvgIpc) is 3.05. The van der Waals surface area contributed by atoms with Crippen molar-refractivity contribution < 1.29 is 14.8 Å². The van der Waals surface area contributed by atoms with Crippen molar-refractivity contribution in [1.29, 1.82) is 0 Å². The van der Waals surface area contributed by atoms with E-state index in [0.29, 0.717) is 12.2 Å². The van der Waals surface area contributed by atoms with E-state index in [1.54, 1.807) is 0 Å². The van der Waals surface area contributed by atoms with Gasteiger partial charge in [-0.3, -0.25) is 30.3 Å². The van der Waals surface area contributed by atoms with Crippen LogP contribution in [0.4, 0.5) is 28.6 Å². The molecule has 2 aliphatic heterocycles. The number of nitrogens with zero attached hydrogens (tertiary/aromatic N) is 7. The van der Waals surface area contributed by atoms with E-state index < -0.39 is 26.1 Å². The van der Waals surface area contributed by atoms with E-state index in [4.69, 9.17) is 23.1 Å². The summed E-state index contributed by atoms with van der Waals surface area (Å²) in [5.41, 5.74) is 10.1. The van der Waals surface area contributed by atoms with Crippen LogP contribution >= 0.6 is 11.6 Å². The molecule has 0 spiro atoms. The van der Waals surface area contributed by atoms with Crippen LogP contribution in [0.25, 0.3) is 0 Å². The molecule has 0 unspecified atom stereocenters. The quantitative estimate of drug-likeness (QED) is 0.161. The fraction of sp³-hybridized carbons (Fsp3) is 0.655. The molecule has 0 amide bonds. The van der Waals surface area contributed by atoms with E-state index in [1.807, 2.05) is 13.8 Å². The van der Waals surface area contributed by atoms with E-state index >= 15 is 0 Å².